The number of aliphatic hydroxyl groups excluding tert-OH is 1. The van der Waals surface area contributed by atoms with Crippen LogP contribution in [-0.4, -0.2) is 31.9 Å². The Hall–Kier alpha value is -1.06. The monoisotopic (exact) mass is 207 g/mol. The molecule has 0 spiro atoms. The van der Waals surface area contributed by atoms with Gasteiger partial charge in [-0.3, -0.25) is 0 Å². The second-order valence-electron chi connectivity index (χ2n) is 3.98. The molecule has 1 heterocycles. The second-order valence-corrected chi connectivity index (χ2v) is 3.98. The third-order valence-electron chi connectivity index (χ3n) is 3.10. The highest BCUT2D eigenvalue weighted by molar-refractivity contribution is 5.32. The van der Waals surface area contributed by atoms with Gasteiger partial charge in [-0.15, -0.1) is 0 Å². The maximum absolute atomic E-state index is 9.25. The van der Waals surface area contributed by atoms with Crippen LogP contribution < -0.4 is 10.1 Å². The molecule has 1 aromatic rings. The summed E-state index contributed by atoms with van der Waals surface area (Å²) in [5.74, 6) is 1.62. The molecule has 3 heteroatoms. The highest BCUT2D eigenvalue weighted by Crippen LogP contribution is 2.29. The first-order valence-corrected chi connectivity index (χ1v) is 5.30. The van der Waals surface area contributed by atoms with E-state index in [1.807, 2.05) is 12.1 Å². The van der Waals surface area contributed by atoms with Crippen LogP contribution in [0.2, 0.25) is 0 Å². The van der Waals surface area contributed by atoms with Crippen LogP contribution in [-0.2, 0) is 0 Å². The number of methoxy groups -OCH3 is 1. The van der Waals surface area contributed by atoms with Crippen molar-refractivity contribution in [2.24, 2.45) is 5.92 Å². The van der Waals surface area contributed by atoms with Gasteiger partial charge >= 0.3 is 0 Å². The van der Waals surface area contributed by atoms with Crippen LogP contribution in [0.4, 0.5) is 0 Å². The Balaban J connectivity index is 2.20. The van der Waals surface area contributed by atoms with E-state index in [1.54, 1.807) is 7.11 Å². The number of nitrogens with one attached hydrogen (secondary N) is 1. The lowest BCUT2D eigenvalue weighted by Crippen LogP contribution is -2.14. The maximum Gasteiger partial charge on any atom is 0.119 e. The zero-order chi connectivity index (χ0) is 10.7. The number of ether oxygens (including phenoxy) is 1. The Morgan fingerprint density at radius 2 is 2.33 bits per heavy atom. The van der Waals surface area contributed by atoms with Crippen LogP contribution in [0, 0.1) is 5.92 Å². The topological polar surface area (TPSA) is 41.5 Å². The molecule has 15 heavy (non-hydrogen) atoms. The van der Waals surface area contributed by atoms with E-state index in [-0.39, 0.29) is 6.61 Å². The van der Waals surface area contributed by atoms with Gasteiger partial charge in [-0.05, 0) is 17.7 Å². The van der Waals surface area contributed by atoms with E-state index in [4.69, 9.17) is 4.74 Å². The fourth-order valence-corrected chi connectivity index (χ4v) is 2.19. The number of hydrogen-bond acceptors (Lipinski definition) is 3. The normalized spacial score (nSPS) is 25.5. The number of aliphatic hydroxyl groups is 1. The van der Waals surface area contributed by atoms with E-state index in [1.165, 1.54) is 5.56 Å². The van der Waals surface area contributed by atoms with E-state index in [9.17, 15) is 5.11 Å². The highest BCUT2D eigenvalue weighted by atomic mass is 16.5. The standard InChI is InChI=1S/C12H17NO2/c1-15-11-4-2-3-9(5-11)12-7-13-6-10(12)8-14/h2-5,10,12-14H,6-8H2,1H3. The number of benzene rings is 1. The van der Waals surface area contributed by atoms with Crippen molar-refractivity contribution in [2.75, 3.05) is 26.8 Å². The summed E-state index contributed by atoms with van der Waals surface area (Å²) >= 11 is 0. The van der Waals surface area contributed by atoms with E-state index in [2.05, 4.69) is 17.4 Å². The molecule has 2 rings (SSSR count). The molecule has 1 saturated heterocycles. The largest absolute Gasteiger partial charge is 0.497 e. The van der Waals surface area contributed by atoms with Gasteiger partial charge in [0.15, 0.2) is 0 Å². The van der Waals surface area contributed by atoms with Gasteiger partial charge in [-0.1, -0.05) is 12.1 Å². The summed E-state index contributed by atoms with van der Waals surface area (Å²) in [6.07, 6.45) is 0. The summed E-state index contributed by atoms with van der Waals surface area (Å²) in [6.45, 7) is 2.09. The van der Waals surface area contributed by atoms with Crippen LogP contribution in [0.3, 0.4) is 0 Å². The molecule has 0 saturated carbocycles. The molecule has 0 radical (unpaired) electrons. The van der Waals surface area contributed by atoms with Crippen molar-refractivity contribution >= 4 is 0 Å². The first kappa shape index (κ1) is 10.5. The zero-order valence-electron chi connectivity index (χ0n) is 8.94. The molecular formula is C12H17NO2. The maximum atomic E-state index is 9.25. The van der Waals surface area contributed by atoms with Crippen molar-refractivity contribution in [3.63, 3.8) is 0 Å². The van der Waals surface area contributed by atoms with Crippen molar-refractivity contribution in [1.29, 1.82) is 0 Å². The molecule has 1 aliphatic heterocycles. The molecule has 1 aromatic carbocycles. The summed E-state index contributed by atoms with van der Waals surface area (Å²) in [4.78, 5) is 0. The SMILES string of the molecule is COc1cccc(C2CNCC2CO)c1. The molecule has 0 aliphatic carbocycles. The van der Waals surface area contributed by atoms with Crippen molar-refractivity contribution < 1.29 is 9.84 Å². The lowest BCUT2D eigenvalue weighted by molar-refractivity contribution is 0.226. The van der Waals surface area contributed by atoms with Crippen LogP contribution >= 0.6 is 0 Å². The minimum absolute atomic E-state index is 0.245. The van der Waals surface area contributed by atoms with Crippen LogP contribution in [0.15, 0.2) is 24.3 Å². The summed E-state index contributed by atoms with van der Waals surface area (Å²) in [6, 6.07) is 8.10. The quantitative estimate of drug-likeness (QED) is 0.776. The zero-order valence-corrected chi connectivity index (χ0v) is 8.94. The van der Waals surface area contributed by atoms with E-state index >= 15 is 0 Å². The van der Waals surface area contributed by atoms with Gasteiger partial charge < -0.3 is 15.2 Å². The Labute approximate surface area is 90.1 Å². The van der Waals surface area contributed by atoms with Gasteiger partial charge in [0.05, 0.1) is 7.11 Å². The molecule has 2 N–H and O–H groups in total. The summed E-state index contributed by atoms with van der Waals surface area (Å²) in [5, 5.41) is 12.6. The average Bonchev–Trinajstić information content (AvgIpc) is 2.77. The van der Waals surface area contributed by atoms with Crippen molar-refractivity contribution in [2.45, 2.75) is 5.92 Å². The molecule has 3 nitrogen and oxygen atoms in total. The Morgan fingerprint density at radius 3 is 3.07 bits per heavy atom. The Bertz CT molecular complexity index is 327. The minimum atomic E-state index is 0.245. The minimum Gasteiger partial charge on any atom is -0.497 e. The van der Waals surface area contributed by atoms with Gasteiger partial charge in [0, 0.05) is 31.5 Å². The van der Waals surface area contributed by atoms with E-state index in [0.29, 0.717) is 11.8 Å². The molecule has 2 atom stereocenters. The van der Waals surface area contributed by atoms with Crippen molar-refractivity contribution in [1.82, 2.24) is 5.32 Å². The lowest BCUT2D eigenvalue weighted by Gasteiger charge is -2.17. The fourth-order valence-electron chi connectivity index (χ4n) is 2.19. The van der Waals surface area contributed by atoms with Gasteiger partial charge in [0.2, 0.25) is 0 Å². The van der Waals surface area contributed by atoms with E-state index in [0.717, 1.165) is 18.8 Å². The predicted molar refractivity (Wildman–Crippen MR) is 59.2 cm³/mol. The van der Waals surface area contributed by atoms with Gasteiger partial charge in [0.25, 0.3) is 0 Å². The first-order chi connectivity index (χ1) is 7.35. The number of hydrogen-bond donors (Lipinski definition) is 2. The fraction of sp³-hybridized carbons (Fsp3) is 0.500. The lowest BCUT2D eigenvalue weighted by atomic mass is 9.89. The van der Waals surface area contributed by atoms with Gasteiger partial charge in [-0.25, -0.2) is 0 Å². The highest BCUT2D eigenvalue weighted by Gasteiger charge is 2.27. The van der Waals surface area contributed by atoms with Crippen molar-refractivity contribution in [3.8, 4) is 5.75 Å². The third kappa shape index (κ3) is 2.13. The van der Waals surface area contributed by atoms with Crippen LogP contribution in [0.5, 0.6) is 5.75 Å². The summed E-state index contributed by atoms with van der Waals surface area (Å²) in [7, 11) is 1.68. The van der Waals surface area contributed by atoms with Crippen molar-refractivity contribution in [3.05, 3.63) is 29.8 Å². The average molecular weight is 207 g/mol. The van der Waals surface area contributed by atoms with Gasteiger partial charge in [-0.2, -0.15) is 0 Å². The molecule has 1 fully saturated rings. The first-order valence-electron chi connectivity index (χ1n) is 5.30. The van der Waals surface area contributed by atoms with Crippen LogP contribution in [0.25, 0.3) is 0 Å². The van der Waals surface area contributed by atoms with E-state index < -0.39 is 0 Å². The number of rotatable bonds is 3. The van der Waals surface area contributed by atoms with Crippen LogP contribution in [0.1, 0.15) is 11.5 Å². The molecule has 1 aliphatic rings. The van der Waals surface area contributed by atoms with Gasteiger partial charge in [0.1, 0.15) is 5.75 Å². The molecular weight excluding hydrogens is 190 g/mol. The Morgan fingerprint density at radius 1 is 1.47 bits per heavy atom. The Kier molecular flexibility index (Phi) is 3.23. The smallest absolute Gasteiger partial charge is 0.119 e. The summed E-state index contributed by atoms with van der Waals surface area (Å²) in [5.41, 5.74) is 1.25. The molecule has 0 aromatic heterocycles. The molecule has 82 valence electrons. The molecule has 0 bridgehead atoms. The second kappa shape index (κ2) is 4.64. The predicted octanol–water partition coefficient (Wildman–Crippen LogP) is 0.990. The molecule has 2 unspecified atom stereocenters. The molecule has 0 amide bonds. The third-order valence-corrected chi connectivity index (χ3v) is 3.10. The summed E-state index contributed by atoms with van der Waals surface area (Å²) < 4.78 is 5.20.